The molecule has 0 aliphatic rings. The zero-order valence-corrected chi connectivity index (χ0v) is 14.4. The second-order valence-electron chi connectivity index (χ2n) is 5.19. The topological polar surface area (TPSA) is 67.8 Å². The number of aromatic nitrogens is 1. The van der Waals surface area contributed by atoms with Gasteiger partial charge in [-0.25, -0.2) is 4.98 Å². The van der Waals surface area contributed by atoms with Gasteiger partial charge in [0.15, 0.2) is 5.96 Å². The fourth-order valence-electron chi connectivity index (χ4n) is 2.04. The van der Waals surface area contributed by atoms with Crippen molar-refractivity contribution in [2.75, 3.05) is 27.3 Å². The number of rotatable bonds is 7. The molecule has 0 unspecified atom stereocenters. The second-order valence-corrected chi connectivity index (χ2v) is 5.19. The first-order valence-electron chi connectivity index (χ1n) is 7.85. The minimum atomic E-state index is 0.557. The molecule has 0 bridgehead atoms. The van der Waals surface area contributed by atoms with Gasteiger partial charge in [-0.05, 0) is 25.1 Å². The van der Waals surface area contributed by atoms with Gasteiger partial charge in [-0.1, -0.05) is 23.8 Å². The quantitative estimate of drug-likeness (QED) is 0.463. The predicted molar refractivity (Wildman–Crippen MR) is 95.7 cm³/mol. The van der Waals surface area contributed by atoms with Crippen LogP contribution in [0.2, 0.25) is 0 Å². The number of benzene rings is 1. The Morgan fingerprint density at radius 2 is 1.92 bits per heavy atom. The Bertz CT molecular complexity index is 656. The van der Waals surface area contributed by atoms with Gasteiger partial charge in [0.05, 0.1) is 25.9 Å². The lowest BCUT2D eigenvalue weighted by Crippen LogP contribution is -2.39. The highest BCUT2D eigenvalue weighted by molar-refractivity contribution is 5.79. The molecular formula is C18H24N4O2. The minimum Gasteiger partial charge on any atom is -0.492 e. The van der Waals surface area contributed by atoms with Gasteiger partial charge in [0.2, 0.25) is 5.88 Å². The van der Waals surface area contributed by atoms with Gasteiger partial charge in [-0.3, -0.25) is 4.99 Å². The highest BCUT2D eigenvalue weighted by Gasteiger charge is 2.01. The van der Waals surface area contributed by atoms with Gasteiger partial charge < -0.3 is 20.1 Å². The van der Waals surface area contributed by atoms with Crippen LogP contribution in [0, 0.1) is 6.92 Å². The third-order valence-electron chi connectivity index (χ3n) is 3.34. The van der Waals surface area contributed by atoms with Crippen LogP contribution >= 0.6 is 0 Å². The number of ether oxygens (including phenoxy) is 2. The standard InChI is InChI=1S/C18H24N4O2/c1-14-7-9-16(10-8-14)24-12-11-20-18(19-2)21-13-15-5-4-6-17(22-15)23-3/h4-10H,11-13H2,1-3H3,(H2,19,20,21). The first kappa shape index (κ1) is 17.6. The van der Waals surface area contributed by atoms with Crippen LogP contribution in [0.5, 0.6) is 11.6 Å². The van der Waals surface area contributed by atoms with Crippen molar-refractivity contribution < 1.29 is 9.47 Å². The molecule has 0 radical (unpaired) electrons. The molecule has 0 aliphatic carbocycles. The smallest absolute Gasteiger partial charge is 0.213 e. The average Bonchev–Trinajstić information content (AvgIpc) is 2.63. The van der Waals surface area contributed by atoms with Crippen LogP contribution in [0.4, 0.5) is 0 Å². The van der Waals surface area contributed by atoms with Crippen molar-refractivity contribution in [1.82, 2.24) is 15.6 Å². The lowest BCUT2D eigenvalue weighted by molar-refractivity contribution is 0.322. The molecule has 0 saturated carbocycles. The third kappa shape index (κ3) is 5.79. The van der Waals surface area contributed by atoms with E-state index in [1.165, 1.54) is 5.56 Å². The largest absolute Gasteiger partial charge is 0.492 e. The summed E-state index contributed by atoms with van der Waals surface area (Å²) in [6.07, 6.45) is 0. The molecule has 6 heteroatoms. The van der Waals surface area contributed by atoms with Crippen LogP contribution in [0.3, 0.4) is 0 Å². The fraction of sp³-hybridized carbons (Fsp3) is 0.333. The van der Waals surface area contributed by atoms with Gasteiger partial charge in [0.1, 0.15) is 12.4 Å². The van der Waals surface area contributed by atoms with Gasteiger partial charge in [-0.15, -0.1) is 0 Å². The molecule has 1 heterocycles. The molecule has 0 atom stereocenters. The van der Waals surface area contributed by atoms with Gasteiger partial charge in [0, 0.05) is 13.1 Å². The lowest BCUT2D eigenvalue weighted by atomic mass is 10.2. The van der Waals surface area contributed by atoms with Crippen molar-refractivity contribution in [2.24, 2.45) is 4.99 Å². The minimum absolute atomic E-state index is 0.557. The van der Waals surface area contributed by atoms with E-state index in [1.807, 2.05) is 42.5 Å². The molecule has 24 heavy (non-hydrogen) atoms. The van der Waals surface area contributed by atoms with E-state index in [0.717, 1.165) is 11.4 Å². The van der Waals surface area contributed by atoms with Crippen molar-refractivity contribution in [1.29, 1.82) is 0 Å². The number of aliphatic imine (C=N–C) groups is 1. The Labute approximate surface area is 142 Å². The molecule has 0 fully saturated rings. The van der Waals surface area contributed by atoms with Gasteiger partial charge >= 0.3 is 0 Å². The molecule has 2 N–H and O–H groups in total. The zero-order valence-electron chi connectivity index (χ0n) is 14.4. The summed E-state index contributed by atoms with van der Waals surface area (Å²) in [7, 11) is 3.34. The SMILES string of the molecule is CN=C(NCCOc1ccc(C)cc1)NCc1cccc(OC)n1. The monoisotopic (exact) mass is 328 g/mol. The maximum atomic E-state index is 5.67. The third-order valence-corrected chi connectivity index (χ3v) is 3.34. The molecule has 1 aromatic heterocycles. The summed E-state index contributed by atoms with van der Waals surface area (Å²) in [6.45, 7) is 3.83. The van der Waals surface area contributed by atoms with Crippen LogP contribution in [0.15, 0.2) is 47.5 Å². The van der Waals surface area contributed by atoms with E-state index in [4.69, 9.17) is 9.47 Å². The highest BCUT2D eigenvalue weighted by Crippen LogP contribution is 2.10. The zero-order chi connectivity index (χ0) is 17.2. The molecule has 0 aliphatic heterocycles. The lowest BCUT2D eigenvalue weighted by Gasteiger charge is -2.12. The van der Waals surface area contributed by atoms with E-state index in [9.17, 15) is 0 Å². The summed E-state index contributed by atoms with van der Waals surface area (Å²) >= 11 is 0. The molecule has 128 valence electrons. The molecule has 0 saturated heterocycles. The van der Waals surface area contributed by atoms with E-state index >= 15 is 0 Å². The number of hydrogen-bond acceptors (Lipinski definition) is 4. The fourth-order valence-corrected chi connectivity index (χ4v) is 2.04. The molecule has 0 spiro atoms. The van der Waals surface area contributed by atoms with Crippen molar-refractivity contribution >= 4 is 5.96 Å². The molecule has 2 aromatic rings. The molecule has 6 nitrogen and oxygen atoms in total. The predicted octanol–water partition coefficient (Wildman–Crippen LogP) is 2.14. The molecular weight excluding hydrogens is 304 g/mol. The summed E-state index contributed by atoms with van der Waals surface area (Å²) in [5, 5.41) is 6.41. The number of methoxy groups -OCH3 is 1. The van der Waals surface area contributed by atoms with Gasteiger partial charge in [-0.2, -0.15) is 0 Å². The number of aryl methyl sites for hydroxylation is 1. The second kappa shape index (κ2) is 9.39. The van der Waals surface area contributed by atoms with E-state index in [1.54, 1.807) is 14.2 Å². The maximum absolute atomic E-state index is 5.67. The van der Waals surface area contributed by atoms with Crippen LogP contribution in [0.25, 0.3) is 0 Å². The molecule has 1 aromatic carbocycles. The Hall–Kier alpha value is -2.76. The molecule has 2 rings (SSSR count). The van der Waals surface area contributed by atoms with E-state index in [0.29, 0.717) is 31.5 Å². The summed E-state index contributed by atoms with van der Waals surface area (Å²) in [5.74, 6) is 2.17. The Balaban J connectivity index is 1.71. The van der Waals surface area contributed by atoms with Crippen LogP contribution in [0.1, 0.15) is 11.3 Å². The van der Waals surface area contributed by atoms with Crippen molar-refractivity contribution in [3.8, 4) is 11.6 Å². The van der Waals surface area contributed by atoms with Crippen LogP contribution in [-0.2, 0) is 6.54 Å². The number of pyridine rings is 1. The summed E-state index contributed by atoms with van der Waals surface area (Å²) in [5.41, 5.74) is 2.10. The Morgan fingerprint density at radius 1 is 1.12 bits per heavy atom. The first-order valence-corrected chi connectivity index (χ1v) is 7.85. The normalized spacial score (nSPS) is 11.0. The van der Waals surface area contributed by atoms with Crippen LogP contribution < -0.4 is 20.1 Å². The Morgan fingerprint density at radius 3 is 2.62 bits per heavy atom. The van der Waals surface area contributed by atoms with Crippen LogP contribution in [-0.4, -0.2) is 38.3 Å². The van der Waals surface area contributed by atoms with Crippen molar-refractivity contribution in [2.45, 2.75) is 13.5 Å². The van der Waals surface area contributed by atoms with Crippen molar-refractivity contribution in [3.63, 3.8) is 0 Å². The number of guanidine groups is 1. The number of nitrogens with zero attached hydrogens (tertiary/aromatic N) is 2. The van der Waals surface area contributed by atoms with E-state index < -0.39 is 0 Å². The average molecular weight is 328 g/mol. The number of nitrogens with one attached hydrogen (secondary N) is 2. The first-order chi connectivity index (χ1) is 11.7. The van der Waals surface area contributed by atoms with E-state index in [-0.39, 0.29) is 0 Å². The summed E-state index contributed by atoms with van der Waals surface area (Å²) in [6, 6.07) is 13.7. The molecule has 0 amide bonds. The maximum Gasteiger partial charge on any atom is 0.213 e. The highest BCUT2D eigenvalue weighted by atomic mass is 16.5. The van der Waals surface area contributed by atoms with Crippen molar-refractivity contribution in [3.05, 3.63) is 53.7 Å². The summed E-state index contributed by atoms with van der Waals surface area (Å²) < 4.78 is 10.8. The van der Waals surface area contributed by atoms with E-state index in [2.05, 4.69) is 27.5 Å². The summed E-state index contributed by atoms with van der Waals surface area (Å²) in [4.78, 5) is 8.53. The number of hydrogen-bond donors (Lipinski definition) is 2. The Kier molecular flexibility index (Phi) is 6.89. The van der Waals surface area contributed by atoms with Gasteiger partial charge in [0.25, 0.3) is 0 Å².